The summed E-state index contributed by atoms with van der Waals surface area (Å²) in [6.45, 7) is 4.12. The van der Waals surface area contributed by atoms with Gasteiger partial charge in [-0.2, -0.15) is 11.8 Å². The molecule has 0 saturated carbocycles. The topological polar surface area (TPSA) is 69.4 Å². The lowest BCUT2D eigenvalue weighted by Gasteiger charge is -2.43. The van der Waals surface area contributed by atoms with Crippen molar-refractivity contribution in [1.29, 1.82) is 0 Å². The molecule has 4 nitrogen and oxygen atoms in total. The minimum atomic E-state index is -3.13. The molecule has 2 rings (SSSR count). The third-order valence-corrected chi connectivity index (χ3v) is 7.48. The van der Waals surface area contributed by atoms with Crippen molar-refractivity contribution in [2.45, 2.75) is 55.9 Å². The summed E-state index contributed by atoms with van der Waals surface area (Å²) >= 11 is 1.93. The molecular formula is C13H25NO3S2. The summed E-state index contributed by atoms with van der Waals surface area (Å²) in [5, 5.41) is -0.271. The van der Waals surface area contributed by atoms with Gasteiger partial charge < -0.3 is 10.5 Å². The van der Waals surface area contributed by atoms with Crippen LogP contribution >= 0.6 is 11.8 Å². The molecule has 0 aliphatic carbocycles. The Labute approximate surface area is 120 Å². The quantitative estimate of drug-likeness (QED) is 0.857. The highest BCUT2D eigenvalue weighted by Gasteiger charge is 2.43. The normalized spacial score (nSPS) is 28.5. The van der Waals surface area contributed by atoms with Gasteiger partial charge in [-0.3, -0.25) is 0 Å². The summed E-state index contributed by atoms with van der Waals surface area (Å²) in [4.78, 5) is 0. The van der Waals surface area contributed by atoms with Gasteiger partial charge in [-0.25, -0.2) is 8.42 Å². The second-order valence-corrected chi connectivity index (χ2v) is 10.1. The minimum absolute atomic E-state index is 0.0650. The van der Waals surface area contributed by atoms with Crippen LogP contribution in [0.3, 0.4) is 0 Å². The molecule has 2 heterocycles. The summed E-state index contributed by atoms with van der Waals surface area (Å²) in [6.07, 6.45) is 3.24. The molecule has 1 atom stereocenters. The summed E-state index contributed by atoms with van der Waals surface area (Å²) in [6, 6.07) is 0. The molecule has 2 aliphatic rings. The van der Waals surface area contributed by atoms with E-state index in [4.69, 9.17) is 10.5 Å². The number of hydrogen-bond donors (Lipinski definition) is 1. The zero-order chi connectivity index (χ0) is 14.1. The monoisotopic (exact) mass is 307 g/mol. The van der Waals surface area contributed by atoms with Gasteiger partial charge in [-0.05, 0) is 51.0 Å². The highest BCUT2D eigenvalue weighted by atomic mass is 32.2. The first-order valence-electron chi connectivity index (χ1n) is 6.95. The van der Waals surface area contributed by atoms with Crippen molar-refractivity contribution in [3.05, 3.63) is 0 Å². The first-order valence-corrected chi connectivity index (χ1v) is 9.82. The molecule has 0 radical (unpaired) electrons. The minimum Gasteiger partial charge on any atom is -0.375 e. The van der Waals surface area contributed by atoms with Crippen molar-refractivity contribution in [2.24, 2.45) is 5.73 Å². The molecule has 1 spiro atoms. The Kier molecular flexibility index (Phi) is 4.55. The van der Waals surface area contributed by atoms with Crippen LogP contribution in [0.5, 0.6) is 0 Å². The van der Waals surface area contributed by atoms with Gasteiger partial charge in [0.15, 0.2) is 9.84 Å². The lowest BCUT2D eigenvalue weighted by atomic mass is 9.88. The molecule has 0 aromatic heterocycles. The number of nitrogens with two attached hydrogens (primary N) is 1. The largest absolute Gasteiger partial charge is 0.375 e. The number of sulfone groups is 1. The first-order chi connectivity index (χ1) is 8.73. The molecule has 1 unspecified atom stereocenters. The molecule has 2 saturated heterocycles. The van der Waals surface area contributed by atoms with Crippen LogP contribution in [0.25, 0.3) is 0 Å². The summed E-state index contributed by atoms with van der Waals surface area (Å²) in [5.41, 5.74) is 5.04. The standard InChI is InChI=1S/C13H25NO3S2/c1-12(2,14)10-19(15,16)11-3-6-17-13(9-11)4-7-18-8-5-13/h11H,3-10,14H2,1-2H3. The Morgan fingerprint density at radius 1 is 1.37 bits per heavy atom. The molecule has 2 N–H and O–H groups in total. The van der Waals surface area contributed by atoms with E-state index in [-0.39, 0.29) is 16.6 Å². The van der Waals surface area contributed by atoms with Crippen molar-refractivity contribution in [2.75, 3.05) is 23.9 Å². The summed E-state index contributed by atoms with van der Waals surface area (Å²) < 4.78 is 30.9. The molecule has 0 bridgehead atoms. The van der Waals surface area contributed by atoms with E-state index in [1.54, 1.807) is 13.8 Å². The zero-order valence-corrected chi connectivity index (χ0v) is 13.5. The lowest BCUT2D eigenvalue weighted by molar-refractivity contribution is -0.0813. The van der Waals surface area contributed by atoms with Crippen LogP contribution in [0.15, 0.2) is 0 Å². The van der Waals surface area contributed by atoms with E-state index < -0.39 is 15.4 Å². The molecule has 2 aliphatic heterocycles. The van der Waals surface area contributed by atoms with Gasteiger partial charge in [0.05, 0.1) is 16.6 Å². The maximum Gasteiger partial charge on any atom is 0.155 e. The number of ether oxygens (including phenoxy) is 1. The van der Waals surface area contributed by atoms with Gasteiger partial charge in [0.1, 0.15) is 0 Å². The van der Waals surface area contributed by atoms with Crippen LogP contribution in [-0.2, 0) is 14.6 Å². The Morgan fingerprint density at radius 2 is 2.00 bits per heavy atom. The van der Waals surface area contributed by atoms with E-state index >= 15 is 0 Å². The molecule has 2 fully saturated rings. The predicted octanol–water partition coefficient (Wildman–Crippen LogP) is 1.58. The van der Waals surface area contributed by atoms with Crippen LogP contribution in [0.1, 0.15) is 39.5 Å². The van der Waals surface area contributed by atoms with E-state index in [0.29, 0.717) is 19.4 Å². The number of thioether (sulfide) groups is 1. The van der Waals surface area contributed by atoms with Crippen LogP contribution in [0, 0.1) is 0 Å². The van der Waals surface area contributed by atoms with Crippen molar-refractivity contribution in [3.8, 4) is 0 Å². The van der Waals surface area contributed by atoms with Gasteiger partial charge in [-0.15, -0.1) is 0 Å². The Hall–Kier alpha value is 0.220. The van der Waals surface area contributed by atoms with E-state index in [0.717, 1.165) is 24.3 Å². The fourth-order valence-electron chi connectivity index (χ4n) is 3.02. The third kappa shape index (κ3) is 4.09. The van der Waals surface area contributed by atoms with Crippen LogP contribution in [0.4, 0.5) is 0 Å². The van der Waals surface area contributed by atoms with Crippen LogP contribution < -0.4 is 5.73 Å². The SMILES string of the molecule is CC(C)(N)CS(=O)(=O)C1CCOC2(CCSCC2)C1. The Balaban J connectivity index is 2.08. The van der Waals surface area contributed by atoms with Crippen molar-refractivity contribution >= 4 is 21.6 Å². The molecular weight excluding hydrogens is 282 g/mol. The third-order valence-electron chi connectivity index (χ3n) is 3.93. The van der Waals surface area contributed by atoms with Gasteiger partial charge in [0.25, 0.3) is 0 Å². The Bertz CT molecular complexity index is 403. The maximum absolute atomic E-state index is 12.5. The second-order valence-electron chi connectivity index (χ2n) is 6.55. The number of rotatable bonds is 3. The van der Waals surface area contributed by atoms with Crippen LogP contribution in [-0.4, -0.2) is 48.7 Å². The van der Waals surface area contributed by atoms with E-state index in [2.05, 4.69) is 0 Å². The predicted molar refractivity (Wildman–Crippen MR) is 80.3 cm³/mol. The fourth-order valence-corrected chi connectivity index (χ4v) is 6.54. The van der Waals surface area contributed by atoms with E-state index in [9.17, 15) is 8.42 Å². The summed E-state index contributed by atoms with van der Waals surface area (Å²) in [5.74, 6) is 2.22. The van der Waals surface area contributed by atoms with Gasteiger partial charge in [0, 0.05) is 12.1 Å². The van der Waals surface area contributed by atoms with E-state index in [1.165, 1.54) is 0 Å². The molecule has 19 heavy (non-hydrogen) atoms. The second kappa shape index (κ2) is 5.54. The maximum atomic E-state index is 12.5. The average molecular weight is 307 g/mol. The molecule has 0 aromatic carbocycles. The van der Waals surface area contributed by atoms with E-state index in [1.807, 2.05) is 11.8 Å². The summed E-state index contributed by atoms with van der Waals surface area (Å²) in [7, 11) is -3.13. The first kappa shape index (κ1) is 15.6. The zero-order valence-electron chi connectivity index (χ0n) is 11.9. The fraction of sp³-hybridized carbons (Fsp3) is 1.00. The van der Waals surface area contributed by atoms with Crippen molar-refractivity contribution in [3.63, 3.8) is 0 Å². The van der Waals surface area contributed by atoms with Gasteiger partial charge >= 0.3 is 0 Å². The lowest BCUT2D eigenvalue weighted by Crippen LogP contribution is -2.50. The van der Waals surface area contributed by atoms with Crippen molar-refractivity contribution < 1.29 is 13.2 Å². The average Bonchev–Trinajstić information content (AvgIpc) is 2.27. The highest BCUT2D eigenvalue weighted by Crippen LogP contribution is 2.39. The van der Waals surface area contributed by atoms with Crippen LogP contribution in [0.2, 0.25) is 0 Å². The highest BCUT2D eigenvalue weighted by molar-refractivity contribution is 7.99. The van der Waals surface area contributed by atoms with Gasteiger partial charge in [0.2, 0.25) is 0 Å². The molecule has 0 aromatic rings. The molecule has 6 heteroatoms. The van der Waals surface area contributed by atoms with Gasteiger partial charge in [-0.1, -0.05) is 0 Å². The molecule has 112 valence electrons. The molecule has 0 amide bonds. The Morgan fingerprint density at radius 3 is 2.58 bits per heavy atom. The van der Waals surface area contributed by atoms with Crippen molar-refractivity contribution in [1.82, 2.24) is 0 Å². The number of hydrogen-bond acceptors (Lipinski definition) is 5. The smallest absolute Gasteiger partial charge is 0.155 e.